The van der Waals surface area contributed by atoms with Gasteiger partial charge in [-0.15, -0.1) is 0 Å². The fourth-order valence-corrected chi connectivity index (χ4v) is 2.34. The Balaban J connectivity index is 1.80. The predicted molar refractivity (Wildman–Crippen MR) is 81.6 cm³/mol. The first-order valence-electron chi connectivity index (χ1n) is 6.64. The third kappa shape index (κ3) is 2.58. The molecule has 106 valence electrons. The van der Waals surface area contributed by atoms with Crippen LogP contribution in [0, 0.1) is 6.92 Å². The molecule has 0 unspecified atom stereocenters. The van der Waals surface area contributed by atoms with Crippen molar-refractivity contribution < 1.29 is 9.90 Å². The first-order chi connectivity index (χ1) is 10.1. The van der Waals surface area contributed by atoms with Crippen LogP contribution in [0.4, 0.5) is 5.69 Å². The fourth-order valence-electron chi connectivity index (χ4n) is 2.34. The van der Waals surface area contributed by atoms with Gasteiger partial charge in [0.25, 0.3) is 0 Å². The Kier molecular flexibility index (Phi) is 3.31. The van der Waals surface area contributed by atoms with Gasteiger partial charge in [-0.25, -0.2) is 9.78 Å². The molecule has 0 aliphatic heterocycles. The van der Waals surface area contributed by atoms with Gasteiger partial charge in [-0.3, -0.25) is 0 Å². The van der Waals surface area contributed by atoms with Crippen LogP contribution < -0.4 is 5.32 Å². The lowest BCUT2D eigenvalue weighted by Gasteiger charge is -2.09. The standard InChI is InChI=1S/C16H15N3O2/c1-10-7-11(16(20)21)4-5-14(10)18-8-12-9-19-15-13(12)3-2-6-17-15/h2-7,9,18H,8H2,1H3,(H,17,19)(H,20,21). The molecular weight excluding hydrogens is 266 g/mol. The highest BCUT2D eigenvalue weighted by molar-refractivity contribution is 5.88. The van der Waals surface area contributed by atoms with E-state index in [1.807, 2.05) is 25.3 Å². The number of carboxylic acid groups (broad SMARTS) is 1. The van der Waals surface area contributed by atoms with Crippen LogP contribution in [0.5, 0.6) is 0 Å². The Labute approximate surface area is 121 Å². The fraction of sp³-hybridized carbons (Fsp3) is 0.125. The Morgan fingerprint density at radius 2 is 2.24 bits per heavy atom. The van der Waals surface area contributed by atoms with Gasteiger partial charge in [0.15, 0.2) is 0 Å². The molecule has 5 heteroatoms. The Morgan fingerprint density at radius 1 is 1.38 bits per heavy atom. The Hall–Kier alpha value is -2.82. The predicted octanol–water partition coefficient (Wildman–Crippen LogP) is 3.18. The van der Waals surface area contributed by atoms with E-state index >= 15 is 0 Å². The van der Waals surface area contributed by atoms with Gasteiger partial charge in [-0.1, -0.05) is 0 Å². The van der Waals surface area contributed by atoms with E-state index in [2.05, 4.69) is 15.3 Å². The summed E-state index contributed by atoms with van der Waals surface area (Å²) in [6, 6.07) is 9.00. The number of aryl methyl sites for hydroxylation is 1. The molecule has 2 aromatic heterocycles. The van der Waals surface area contributed by atoms with E-state index in [-0.39, 0.29) is 0 Å². The summed E-state index contributed by atoms with van der Waals surface area (Å²) in [6.45, 7) is 2.55. The number of nitrogens with zero attached hydrogens (tertiary/aromatic N) is 1. The van der Waals surface area contributed by atoms with Crippen molar-refractivity contribution in [2.24, 2.45) is 0 Å². The van der Waals surface area contributed by atoms with Crippen LogP contribution in [0.2, 0.25) is 0 Å². The summed E-state index contributed by atoms with van der Waals surface area (Å²) >= 11 is 0. The van der Waals surface area contributed by atoms with Crippen LogP contribution in [0.3, 0.4) is 0 Å². The molecule has 3 N–H and O–H groups in total. The Morgan fingerprint density at radius 3 is 3.00 bits per heavy atom. The van der Waals surface area contributed by atoms with Gasteiger partial charge in [0, 0.05) is 30.0 Å². The highest BCUT2D eigenvalue weighted by Gasteiger charge is 2.07. The van der Waals surface area contributed by atoms with E-state index in [9.17, 15) is 4.79 Å². The number of benzene rings is 1. The molecule has 0 saturated carbocycles. The smallest absolute Gasteiger partial charge is 0.335 e. The lowest BCUT2D eigenvalue weighted by Crippen LogP contribution is -2.03. The SMILES string of the molecule is Cc1cc(C(=O)O)ccc1NCc1c[nH]c2ncccc12. The summed E-state index contributed by atoms with van der Waals surface area (Å²) in [7, 11) is 0. The summed E-state index contributed by atoms with van der Waals surface area (Å²) < 4.78 is 0. The third-order valence-electron chi connectivity index (χ3n) is 3.48. The maximum absolute atomic E-state index is 10.9. The quantitative estimate of drug-likeness (QED) is 0.686. The average molecular weight is 281 g/mol. The zero-order valence-electron chi connectivity index (χ0n) is 11.6. The number of hydrogen-bond acceptors (Lipinski definition) is 3. The molecule has 1 aromatic carbocycles. The number of H-pyrrole nitrogens is 1. The third-order valence-corrected chi connectivity index (χ3v) is 3.48. The summed E-state index contributed by atoms with van der Waals surface area (Å²) in [5, 5.41) is 13.4. The van der Waals surface area contributed by atoms with Crippen molar-refractivity contribution in [1.29, 1.82) is 0 Å². The summed E-state index contributed by atoms with van der Waals surface area (Å²) in [6.07, 6.45) is 3.69. The highest BCUT2D eigenvalue weighted by Crippen LogP contribution is 2.20. The lowest BCUT2D eigenvalue weighted by atomic mass is 10.1. The number of carbonyl (C=O) groups is 1. The van der Waals surface area contributed by atoms with Crippen LogP contribution in [0.15, 0.2) is 42.7 Å². The van der Waals surface area contributed by atoms with Gasteiger partial charge in [-0.2, -0.15) is 0 Å². The number of anilines is 1. The van der Waals surface area contributed by atoms with Crippen LogP contribution in [0.25, 0.3) is 11.0 Å². The molecule has 0 saturated heterocycles. The van der Waals surface area contributed by atoms with E-state index in [0.717, 1.165) is 27.8 Å². The highest BCUT2D eigenvalue weighted by atomic mass is 16.4. The zero-order valence-corrected chi connectivity index (χ0v) is 11.6. The molecule has 3 aromatic rings. The number of carboxylic acids is 1. The number of nitrogens with one attached hydrogen (secondary N) is 2. The summed E-state index contributed by atoms with van der Waals surface area (Å²) in [4.78, 5) is 18.3. The van der Waals surface area contributed by atoms with Crippen molar-refractivity contribution in [2.45, 2.75) is 13.5 Å². The molecule has 5 nitrogen and oxygen atoms in total. The topological polar surface area (TPSA) is 78.0 Å². The molecule has 2 heterocycles. The molecule has 21 heavy (non-hydrogen) atoms. The number of aromatic amines is 1. The van der Waals surface area contributed by atoms with Crippen LogP contribution in [-0.2, 0) is 6.54 Å². The minimum absolute atomic E-state index is 0.300. The second kappa shape index (κ2) is 5.28. The van der Waals surface area contributed by atoms with Crippen molar-refractivity contribution in [1.82, 2.24) is 9.97 Å². The molecule has 0 bridgehead atoms. The largest absolute Gasteiger partial charge is 0.478 e. The van der Waals surface area contributed by atoms with Crippen LogP contribution >= 0.6 is 0 Å². The molecule has 0 fully saturated rings. The monoisotopic (exact) mass is 281 g/mol. The minimum atomic E-state index is -0.910. The number of aromatic nitrogens is 2. The number of pyridine rings is 1. The van der Waals surface area contributed by atoms with Gasteiger partial charge < -0.3 is 15.4 Å². The van der Waals surface area contributed by atoms with Gasteiger partial charge in [0.1, 0.15) is 5.65 Å². The van der Waals surface area contributed by atoms with Crippen molar-refractivity contribution in [3.05, 3.63) is 59.4 Å². The molecule has 0 atom stereocenters. The van der Waals surface area contributed by atoms with E-state index in [1.54, 1.807) is 24.4 Å². The van der Waals surface area contributed by atoms with E-state index in [1.165, 1.54) is 0 Å². The maximum atomic E-state index is 10.9. The van der Waals surface area contributed by atoms with Gasteiger partial charge >= 0.3 is 5.97 Å². The first kappa shape index (κ1) is 13.2. The van der Waals surface area contributed by atoms with Crippen molar-refractivity contribution in [3.8, 4) is 0 Å². The number of aromatic carboxylic acids is 1. The van der Waals surface area contributed by atoms with Crippen molar-refractivity contribution in [2.75, 3.05) is 5.32 Å². The Bertz CT molecular complexity index is 808. The number of rotatable bonds is 4. The van der Waals surface area contributed by atoms with Gasteiger partial charge in [-0.05, 0) is 48.4 Å². The first-order valence-corrected chi connectivity index (χ1v) is 6.64. The van der Waals surface area contributed by atoms with Crippen molar-refractivity contribution in [3.63, 3.8) is 0 Å². The summed E-state index contributed by atoms with van der Waals surface area (Å²) in [5.74, 6) is -0.910. The lowest BCUT2D eigenvalue weighted by molar-refractivity contribution is 0.0697. The molecule has 0 aliphatic rings. The summed E-state index contributed by atoms with van der Waals surface area (Å²) in [5.41, 5.74) is 4.13. The number of fused-ring (bicyclic) bond motifs is 1. The van der Waals surface area contributed by atoms with E-state index in [4.69, 9.17) is 5.11 Å². The normalized spacial score (nSPS) is 10.7. The second-order valence-electron chi connectivity index (χ2n) is 4.90. The van der Waals surface area contributed by atoms with E-state index in [0.29, 0.717) is 12.1 Å². The van der Waals surface area contributed by atoms with E-state index < -0.39 is 5.97 Å². The molecule has 3 rings (SSSR count). The second-order valence-corrected chi connectivity index (χ2v) is 4.90. The molecular formula is C16H15N3O2. The average Bonchev–Trinajstić information content (AvgIpc) is 2.89. The molecule has 0 amide bonds. The number of hydrogen-bond donors (Lipinski definition) is 3. The van der Waals surface area contributed by atoms with Crippen LogP contribution in [-0.4, -0.2) is 21.0 Å². The van der Waals surface area contributed by atoms with Gasteiger partial charge in [0.05, 0.1) is 5.56 Å². The van der Waals surface area contributed by atoms with Crippen molar-refractivity contribution >= 4 is 22.7 Å². The molecule has 0 spiro atoms. The molecule has 0 radical (unpaired) electrons. The zero-order chi connectivity index (χ0) is 14.8. The van der Waals surface area contributed by atoms with Gasteiger partial charge in [0.2, 0.25) is 0 Å². The minimum Gasteiger partial charge on any atom is -0.478 e. The molecule has 0 aliphatic carbocycles. The maximum Gasteiger partial charge on any atom is 0.335 e. The van der Waals surface area contributed by atoms with Crippen LogP contribution in [0.1, 0.15) is 21.5 Å².